The van der Waals surface area contributed by atoms with Gasteiger partial charge >= 0.3 is 13.6 Å². The maximum atomic E-state index is 14.5. The molecule has 11 nitrogen and oxygen atoms in total. The molecule has 0 aromatic heterocycles. The second-order valence-corrected chi connectivity index (χ2v) is 15.2. The van der Waals surface area contributed by atoms with E-state index in [1.54, 1.807) is 26.0 Å². The van der Waals surface area contributed by atoms with Crippen LogP contribution in [0.2, 0.25) is 0 Å². The number of piperazine rings is 1. The first-order valence-electron chi connectivity index (χ1n) is 17.2. The van der Waals surface area contributed by atoms with Crippen LogP contribution in [0, 0.1) is 10.1 Å². The van der Waals surface area contributed by atoms with Gasteiger partial charge in [0, 0.05) is 62.7 Å². The largest absolute Gasteiger partial charge is 0.461 e. The Balaban J connectivity index is 1.17. The van der Waals surface area contributed by atoms with Crippen molar-refractivity contribution >= 4 is 19.3 Å². The summed E-state index contributed by atoms with van der Waals surface area (Å²) < 4.78 is 32.4. The van der Waals surface area contributed by atoms with Crippen LogP contribution in [0.25, 0.3) is 0 Å². The number of hydrogen-bond acceptors (Lipinski definition) is 10. The molecule has 0 saturated carbocycles. The minimum absolute atomic E-state index is 0.144. The lowest BCUT2D eigenvalue weighted by Gasteiger charge is -2.40. The third-order valence-corrected chi connectivity index (χ3v) is 12.1. The normalized spacial score (nSPS) is 25.0. The van der Waals surface area contributed by atoms with Gasteiger partial charge in [0.05, 0.1) is 40.0 Å². The van der Waals surface area contributed by atoms with Gasteiger partial charge in [-0.25, -0.2) is 4.79 Å². The maximum Gasteiger partial charge on any atom is 0.360 e. The number of nitro groups is 1. The predicted molar refractivity (Wildman–Crippen MR) is 191 cm³/mol. The first-order valence-corrected chi connectivity index (χ1v) is 18.7. The average Bonchev–Trinajstić information content (AvgIpc) is 3.09. The van der Waals surface area contributed by atoms with Crippen LogP contribution in [0.4, 0.5) is 5.69 Å². The van der Waals surface area contributed by atoms with Crippen molar-refractivity contribution in [1.82, 2.24) is 15.1 Å². The van der Waals surface area contributed by atoms with Crippen molar-refractivity contribution in [1.29, 1.82) is 0 Å². The molecule has 2 saturated heterocycles. The Morgan fingerprint density at radius 3 is 2.10 bits per heavy atom. The van der Waals surface area contributed by atoms with E-state index in [4.69, 9.17) is 13.8 Å². The third kappa shape index (κ3) is 7.77. The van der Waals surface area contributed by atoms with Gasteiger partial charge in [-0.1, -0.05) is 72.8 Å². The third-order valence-electron chi connectivity index (χ3n) is 9.60. The fraction of sp³-hybridized carbons (Fsp3) is 0.395. The number of non-ortho nitro benzene ring substituents is 1. The zero-order valence-electron chi connectivity index (χ0n) is 29.0. The van der Waals surface area contributed by atoms with Crippen LogP contribution >= 0.6 is 7.60 Å². The van der Waals surface area contributed by atoms with E-state index in [1.807, 2.05) is 26.0 Å². The predicted octanol–water partition coefficient (Wildman–Crippen LogP) is 7.14. The molecule has 12 heteroatoms. The minimum Gasteiger partial charge on any atom is -0.461 e. The van der Waals surface area contributed by atoms with Crippen molar-refractivity contribution < 1.29 is 28.1 Å². The molecule has 3 aliphatic rings. The van der Waals surface area contributed by atoms with Crippen LogP contribution in [-0.2, 0) is 23.1 Å². The highest BCUT2D eigenvalue weighted by atomic mass is 31.2. The number of ether oxygens (including phenoxy) is 1. The molecule has 3 heterocycles. The number of benzene rings is 3. The maximum absolute atomic E-state index is 14.5. The van der Waals surface area contributed by atoms with Gasteiger partial charge in [-0.15, -0.1) is 0 Å². The van der Waals surface area contributed by atoms with Gasteiger partial charge in [0.15, 0.2) is 0 Å². The SMILES string of the molecule is CC1=C(C(=O)OCCN2CCN(C(c3ccccc3)c3ccccc3)CC2)[C@H](c2cccc([N+](=O)[O-])c2)C(P2(=O)O[C@@H](C)C[C@H](C)O2)=C(C)N1. The van der Waals surface area contributed by atoms with Gasteiger partial charge in [-0.05, 0) is 44.4 Å². The summed E-state index contributed by atoms with van der Waals surface area (Å²) in [5, 5.41) is 15.2. The zero-order chi connectivity index (χ0) is 35.4. The topological polar surface area (TPSA) is 123 Å². The first-order chi connectivity index (χ1) is 24.0. The highest BCUT2D eigenvalue weighted by Gasteiger charge is 2.48. The minimum atomic E-state index is -3.94. The van der Waals surface area contributed by atoms with E-state index in [-0.39, 0.29) is 41.4 Å². The van der Waals surface area contributed by atoms with Crippen LogP contribution in [0.3, 0.4) is 0 Å². The number of nitrogens with one attached hydrogen (secondary N) is 1. The lowest BCUT2D eigenvalue weighted by molar-refractivity contribution is -0.384. The molecule has 0 radical (unpaired) electrons. The van der Waals surface area contributed by atoms with E-state index in [0.29, 0.717) is 29.9 Å². The Morgan fingerprint density at radius 2 is 1.52 bits per heavy atom. The van der Waals surface area contributed by atoms with Crippen molar-refractivity contribution in [2.45, 2.75) is 58.3 Å². The van der Waals surface area contributed by atoms with Crippen LogP contribution in [0.5, 0.6) is 0 Å². The summed E-state index contributed by atoms with van der Waals surface area (Å²) in [7, 11) is -3.94. The van der Waals surface area contributed by atoms with Crippen molar-refractivity contribution in [2.75, 3.05) is 39.3 Å². The van der Waals surface area contributed by atoms with E-state index >= 15 is 0 Å². The summed E-state index contributed by atoms with van der Waals surface area (Å²) >= 11 is 0. The number of carbonyl (C=O) groups excluding carboxylic acids is 1. The molecule has 3 aromatic rings. The van der Waals surface area contributed by atoms with Crippen molar-refractivity contribution in [3.63, 3.8) is 0 Å². The van der Waals surface area contributed by atoms with Crippen LogP contribution < -0.4 is 5.32 Å². The number of allylic oxidation sites excluding steroid dienone is 3. The number of rotatable bonds is 10. The molecule has 2 fully saturated rings. The van der Waals surface area contributed by atoms with E-state index in [9.17, 15) is 19.5 Å². The highest BCUT2D eigenvalue weighted by molar-refractivity contribution is 7.58. The molecule has 1 N–H and O–H groups in total. The summed E-state index contributed by atoms with van der Waals surface area (Å²) in [6.45, 7) is 11.2. The van der Waals surface area contributed by atoms with Gasteiger partial charge in [0.2, 0.25) is 0 Å². The number of esters is 1. The summed E-state index contributed by atoms with van der Waals surface area (Å²) in [6.07, 6.45) is -0.147. The second kappa shape index (κ2) is 15.4. The van der Waals surface area contributed by atoms with Gasteiger partial charge < -0.3 is 19.1 Å². The Hall–Kier alpha value is -4.12. The number of nitro benzene ring substituents is 1. The lowest BCUT2D eigenvalue weighted by Crippen LogP contribution is -2.48. The molecular formula is C38H45N4O7P. The Bertz CT molecular complexity index is 1750. The quantitative estimate of drug-likeness (QED) is 0.101. The van der Waals surface area contributed by atoms with Crippen molar-refractivity contribution in [3.8, 4) is 0 Å². The Morgan fingerprint density at radius 1 is 0.920 bits per heavy atom. The lowest BCUT2D eigenvalue weighted by atomic mass is 9.86. The zero-order valence-corrected chi connectivity index (χ0v) is 29.9. The second-order valence-electron chi connectivity index (χ2n) is 13.3. The molecule has 264 valence electrons. The molecule has 3 atom stereocenters. The summed E-state index contributed by atoms with van der Waals surface area (Å²) in [4.78, 5) is 30.1. The molecular weight excluding hydrogens is 655 g/mol. The molecule has 0 bridgehead atoms. The van der Waals surface area contributed by atoms with E-state index < -0.39 is 24.4 Å². The molecule has 0 unspecified atom stereocenters. The van der Waals surface area contributed by atoms with Crippen LogP contribution in [0.15, 0.2) is 107 Å². The van der Waals surface area contributed by atoms with Gasteiger partial charge in [0.1, 0.15) is 6.61 Å². The number of carbonyl (C=O) groups is 1. The van der Waals surface area contributed by atoms with Gasteiger partial charge in [-0.3, -0.25) is 24.5 Å². The smallest absolute Gasteiger partial charge is 0.360 e. The Kier molecular flexibility index (Phi) is 11.0. The van der Waals surface area contributed by atoms with Crippen LogP contribution in [0.1, 0.15) is 62.8 Å². The molecule has 0 aliphatic carbocycles. The molecule has 0 amide bonds. The fourth-order valence-electron chi connectivity index (χ4n) is 7.40. The number of hydrogen-bond donors (Lipinski definition) is 1. The van der Waals surface area contributed by atoms with Gasteiger partial charge in [-0.2, -0.15) is 0 Å². The summed E-state index contributed by atoms with van der Waals surface area (Å²) in [5.41, 5.74) is 4.04. The first kappa shape index (κ1) is 35.7. The molecule has 3 aromatic carbocycles. The molecule has 50 heavy (non-hydrogen) atoms. The molecule has 6 rings (SSSR count). The van der Waals surface area contributed by atoms with E-state index in [2.05, 4.69) is 63.6 Å². The van der Waals surface area contributed by atoms with Gasteiger partial charge in [0.25, 0.3) is 5.69 Å². The van der Waals surface area contributed by atoms with Crippen molar-refractivity contribution in [2.24, 2.45) is 0 Å². The molecule has 3 aliphatic heterocycles. The summed E-state index contributed by atoms with van der Waals surface area (Å²) in [5.74, 6) is -1.53. The van der Waals surface area contributed by atoms with Crippen LogP contribution in [-0.4, -0.2) is 72.2 Å². The Labute approximate surface area is 293 Å². The average molecular weight is 701 g/mol. The highest BCUT2D eigenvalue weighted by Crippen LogP contribution is 2.67. The summed E-state index contributed by atoms with van der Waals surface area (Å²) in [6, 6.07) is 27.3. The number of dihydropyridines is 1. The fourth-order valence-corrected chi connectivity index (χ4v) is 9.86. The van der Waals surface area contributed by atoms with Crippen molar-refractivity contribution in [3.05, 3.63) is 134 Å². The monoisotopic (exact) mass is 700 g/mol. The van der Waals surface area contributed by atoms with E-state index in [0.717, 1.165) is 26.2 Å². The molecule has 0 spiro atoms. The standard InChI is InChI=1S/C38H45N4O7P/c1-26-24-27(2)49-50(46,48-26)37-29(4)39-28(3)34(35(37)32-16-11-17-33(25-32)42(44)45)38(43)47-23-22-40-18-20-41(21-19-40)36(30-12-7-5-8-13-30)31-14-9-6-10-15-31/h5-17,25-27,35-36,39H,18-24H2,1-4H3/t26-,27-,35-/m0/s1. The van der Waals surface area contributed by atoms with E-state index in [1.165, 1.54) is 23.3 Å². The number of nitrogens with zero attached hydrogens (tertiary/aromatic N) is 3.